The average molecular weight is 507 g/mol. The first-order chi connectivity index (χ1) is 17.4. The van der Waals surface area contributed by atoms with Gasteiger partial charge >= 0.3 is 0 Å². The topological polar surface area (TPSA) is 119 Å². The van der Waals surface area contributed by atoms with Crippen LogP contribution in [0.2, 0.25) is 0 Å². The van der Waals surface area contributed by atoms with Crippen LogP contribution >= 0.6 is 11.3 Å². The highest BCUT2D eigenvalue weighted by molar-refractivity contribution is 7.07. The van der Waals surface area contributed by atoms with Crippen LogP contribution < -0.4 is 30.7 Å². The smallest absolute Gasteiger partial charge is 0.277 e. The highest BCUT2D eigenvalue weighted by atomic mass is 32.1. The Balaban J connectivity index is 1.78. The van der Waals surface area contributed by atoms with Gasteiger partial charge in [-0.2, -0.15) is 5.26 Å². The Bertz CT molecular complexity index is 1400. The third kappa shape index (κ3) is 7.32. The summed E-state index contributed by atoms with van der Waals surface area (Å²) in [5.41, 5.74) is 6.64. The van der Waals surface area contributed by atoms with E-state index in [1.165, 1.54) is 23.6 Å². The van der Waals surface area contributed by atoms with Crippen molar-refractivity contribution in [3.05, 3.63) is 55.6 Å². The summed E-state index contributed by atoms with van der Waals surface area (Å²) in [7, 11) is 0. The van der Waals surface area contributed by atoms with Crippen LogP contribution in [0.4, 0.5) is 11.4 Å². The van der Waals surface area contributed by atoms with Crippen LogP contribution in [-0.2, 0) is 16.1 Å². The zero-order valence-corrected chi connectivity index (χ0v) is 21.3. The van der Waals surface area contributed by atoms with Gasteiger partial charge in [0.25, 0.3) is 11.5 Å². The van der Waals surface area contributed by atoms with E-state index in [0.717, 1.165) is 36.7 Å². The van der Waals surface area contributed by atoms with E-state index >= 15 is 0 Å². The molecule has 0 bridgehead atoms. The highest BCUT2D eigenvalue weighted by Gasteiger charge is 2.13. The van der Waals surface area contributed by atoms with Crippen molar-refractivity contribution < 1.29 is 9.59 Å². The van der Waals surface area contributed by atoms with Gasteiger partial charge in [0.15, 0.2) is 5.57 Å². The minimum absolute atomic E-state index is 0.0268. The molecule has 1 fully saturated rings. The van der Waals surface area contributed by atoms with E-state index < -0.39 is 5.91 Å². The number of benzene rings is 1. The van der Waals surface area contributed by atoms with Crippen molar-refractivity contribution in [3.8, 4) is 6.07 Å². The highest BCUT2D eigenvalue weighted by Crippen LogP contribution is 2.15. The number of rotatable bonds is 9. The van der Waals surface area contributed by atoms with Crippen LogP contribution in [0.1, 0.15) is 33.1 Å². The maximum absolute atomic E-state index is 12.7. The molecule has 36 heavy (non-hydrogen) atoms. The number of nitrogens with one attached hydrogen (secondary N) is 3. The number of nitrogens with zero attached hydrogens (tertiary/aromatic N) is 3. The van der Waals surface area contributed by atoms with Crippen molar-refractivity contribution in [1.29, 1.82) is 5.26 Å². The zero-order chi connectivity index (χ0) is 25.9. The molecule has 1 saturated heterocycles. The lowest BCUT2D eigenvalue weighted by Gasteiger charge is -2.14. The monoisotopic (exact) mass is 506 g/mol. The predicted molar refractivity (Wildman–Crippen MR) is 142 cm³/mol. The summed E-state index contributed by atoms with van der Waals surface area (Å²) in [6.45, 7) is 7.19. The molecule has 2 aromatic rings. The first kappa shape index (κ1) is 26.7. The second kappa shape index (κ2) is 13.3. The van der Waals surface area contributed by atoms with Crippen molar-refractivity contribution >= 4 is 46.0 Å². The number of anilines is 2. The maximum atomic E-state index is 12.7. The van der Waals surface area contributed by atoms with E-state index in [1.54, 1.807) is 19.9 Å². The summed E-state index contributed by atoms with van der Waals surface area (Å²) >= 11 is 1.10. The molecule has 0 saturated carbocycles. The molecule has 1 aromatic carbocycles. The number of carbonyl (C=O) groups is 2. The molecule has 1 aromatic heterocycles. The van der Waals surface area contributed by atoms with Gasteiger partial charge in [0, 0.05) is 43.6 Å². The third-order valence-electron chi connectivity index (χ3n) is 5.55. The minimum Gasteiger partial charge on any atom is -0.355 e. The van der Waals surface area contributed by atoms with Crippen LogP contribution in [0.3, 0.4) is 0 Å². The number of amides is 2. The van der Waals surface area contributed by atoms with Gasteiger partial charge in [0.2, 0.25) is 5.91 Å². The number of aromatic nitrogens is 1. The van der Waals surface area contributed by atoms with Crippen LogP contribution in [0.5, 0.6) is 0 Å². The molecule has 1 aliphatic heterocycles. The quantitative estimate of drug-likeness (QED) is 0.349. The first-order valence-electron chi connectivity index (χ1n) is 12.0. The number of carbonyl (C=O) groups excluding carboxylic acids is 2. The molecule has 10 heteroatoms. The van der Waals surface area contributed by atoms with Gasteiger partial charge < -0.3 is 20.9 Å². The summed E-state index contributed by atoms with van der Waals surface area (Å²) in [5, 5.41) is 17.8. The molecule has 2 amide bonds. The Morgan fingerprint density at radius 1 is 1.19 bits per heavy atom. The maximum Gasteiger partial charge on any atom is 0.277 e. The number of likely N-dealkylation sites (N-methyl/N-ethyl adjacent to an activating group) is 1. The summed E-state index contributed by atoms with van der Waals surface area (Å²) < 4.78 is 2.13. The van der Waals surface area contributed by atoms with Gasteiger partial charge in [0.1, 0.15) is 15.3 Å². The van der Waals surface area contributed by atoms with Crippen LogP contribution in [-0.4, -0.2) is 47.5 Å². The van der Waals surface area contributed by atoms with Gasteiger partial charge in [-0.05, 0) is 58.0 Å². The van der Waals surface area contributed by atoms with Gasteiger partial charge in [-0.15, -0.1) is 0 Å². The molecule has 188 valence electrons. The van der Waals surface area contributed by atoms with Gasteiger partial charge in [-0.3, -0.25) is 19.0 Å². The molecule has 2 heterocycles. The number of hydrogen-bond acceptors (Lipinski definition) is 7. The standard InChI is InChI=1S/C26H30N6O3S/c1-3-28-25(34)19(18-27)16-24-32(4-2)26(35)22(36-24)10-12-29-20-8-7-9-21(17-20)30-23(33)11-15-31-13-5-6-14-31/h7-9,12,17,29H,3-6,11,13-15H2,1-2H3,(H,28,34)(H,30,33). The summed E-state index contributed by atoms with van der Waals surface area (Å²) in [5.74, 6) is -0.560. The van der Waals surface area contributed by atoms with E-state index in [4.69, 9.17) is 0 Å². The second-order valence-electron chi connectivity index (χ2n) is 8.12. The molecule has 3 rings (SSSR count). The van der Waals surface area contributed by atoms with E-state index in [9.17, 15) is 19.6 Å². The molecule has 0 atom stereocenters. The molecule has 0 radical (unpaired) electrons. The normalized spacial score (nSPS) is 12.7. The molecule has 9 nitrogen and oxygen atoms in total. The Morgan fingerprint density at radius 2 is 1.94 bits per heavy atom. The van der Waals surface area contributed by atoms with Crippen LogP contribution in [0.15, 0.2) is 40.8 Å². The van der Waals surface area contributed by atoms with E-state index in [0.29, 0.717) is 34.4 Å². The molecular formula is C26H30N6O3S. The second-order valence-corrected chi connectivity index (χ2v) is 9.12. The number of likely N-dealkylation sites (tertiary alicyclic amines) is 1. The molecule has 3 N–H and O–H groups in total. The predicted octanol–water partition coefficient (Wildman–Crippen LogP) is 1.32. The van der Waals surface area contributed by atoms with Crippen molar-refractivity contribution in [2.75, 3.05) is 36.8 Å². The first-order valence-corrected chi connectivity index (χ1v) is 12.8. The van der Waals surface area contributed by atoms with Gasteiger partial charge in [-0.25, -0.2) is 0 Å². The Morgan fingerprint density at radius 3 is 2.64 bits per heavy atom. The van der Waals surface area contributed by atoms with E-state index in [-0.39, 0.29) is 17.0 Å². The average Bonchev–Trinajstić information content (AvgIpc) is 3.49. The lowest BCUT2D eigenvalue weighted by atomic mass is 10.2. The largest absolute Gasteiger partial charge is 0.355 e. The fourth-order valence-corrected chi connectivity index (χ4v) is 4.72. The molecular weight excluding hydrogens is 476 g/mol. The molecule has 0 aliphatic carbocycles. The minimum atomic E-state index is -0.533. The van der Waals surface area contributed by atoms with E-state index in [1.807, 2.05) is 24.3 Å². The lowest BCUT2D eigenvalue weighted by molar-refractivity contribution is -0.117. The molecule has 0 spiro atoms. The summed E-state index contributed by atoms with van der Waals surface area (Å²) in [4.78, 5) is 39.3. The summed E-state index contributed by atoms with van der Waals surface area (Å²) in [6, 6.07) is 9.12. The van der Waals surface area contributed by atoms with Crippen molar-refractivity contribution in [2.24, 2.45) is 0 Å². The molecule has 0 unspecified atom stereocenters. The third-order valence-corrected chi connectivity index (χ3v) is 6.56. The fourth-order valence-electron chi connectivity index (χ4n) is 3.73. The van der Waals surface area contributed by atoms with Crippen molar-refractivity contribution in [1.82, 2.24) is 14.8 Å². The number of hydrogen-bond donors (Lipinski definition) is 3. The molecule has 1 aliphatic rings. The lowest BCUT2D eigenvalue weighted by Crippen LogP contribution is -2.30. The van der Waals surface area contributed by atoms with Gasteiger partial charge in [-0.1, -0.05) is 28.9 Å². The van der Waals surface area contributed by atoms with Gasteiger partial charge in [0.05, 0.1) is 0 Å². The number of thiazole rings is 1. The summed E-state index contributed by atoms with van der Waals surface area (Å²) in [6.07, 6.45) is 4.37. The number of nitriles is 1. The Labute approximate surface area is 213 Å². The fraction of sp³-hybridized carbons (Fsp3) is 0.385. The van der Waals surface area contributed by atoms with Crippen LogP contribution in [0.25, 0.3) is 11.5 Å². The SMILES string of the molecule is CCNC(=O)C(=C=c1sc(=C=CNc2cccc(NC(=O)CCN3CCCC3)c2)c(=O)n1CC)C#N. The van der Waals surface area contributed by atoms with Crippen LogP contribution in [0, 0.1) is 11.3 Å². The Kier molecular flexibility index (Phi) is 9.87. The van der Waals surface area contributed by atoms with Crippen molar-refractivity contribution in [2.45, 2.75) is 39.7 Å². The van der Waals surface area contributed by atoms with Crippen molar-refractivity contribution in [3.63, 3.8) is 0 Å². The van der Waals surface area contributed by atoms with E-state index in [2.05, 4.69) is 32.3 Å². The zero-order valence-electron chi connectivity index (χ0n) is 20.5. The Hall–Kier alpha value is -3.86.